The van der Waals surface area contributed by atoms with Gasteiger partial charge in [0.15, 0.2) is 0 Å². The first kappa shape index (κ1) is 65.9. The first-order valence-electron chi connectivity index (χ1n) is 17.6. The molecule has 0 radical (unpaired) electrons. The number of benzene rings is 6. The van der Waals surface area contributed by atoms with E-state index in [-0.39, 0.29) is 193 Å². The van der Waals surface area contributed by atoms with Crippen LogP contribution in [0.5, 0.6) is 0 Å². The summed E-state index contributed by atoms with van der Waals surface area (Å²) < 4.78 is 132. The molecule has 2 N–H and O–H groups in total. The molecular weight excluding hydrogens is 1090 g/mol. The molecule has 24 nitrogen and oxygen atoms in total. The van der Waals surface area contributed by atoms with Crippen molar-refractivity contribution in [2.45, 2.75) is 31.4 Å². The van der Waals surface area contributed by atoms with E-state index in [1.807, 2.05) is 0 Å². The third-order valence-electron chi connectivity index (χ3n) is 8.75. The zero-order chi connectivity index (χ0) is 47.4. The number of anilines is 4. The Morgan fingerprint density at radius 2 is 1.06 bits per heavy atom. The molecule has 7 aromatic rings. The fourth-order valence-corrected chi connectivity index (χ4v) is 9.02. The molecule has 6 aromatic carbocycles. The van der Waals surface area contributed by atoms with Crippen molar-refractivity contribution in [2.24, 2.45) is 20.5 Å². The fourth-order valence-electron chi connectivity index (χ4n) is 6.07. The van der Waals surface area contributed by atoms with E-state index in [0.717, 1.165) is 30.3 Å². The van der Waals surface area contributed by atoms with E-state index >= 15 is 0 Å². The average Bonchev–Trinajstić information content (AvgIpc) is 3.25. The van der Waals surface area contributed by atoms with Crippen LogP contribution in [0.25, 0.3) is 21.5 Å². The molecule has 0 bridgehead atoms. The summed E-state index contributed by atoms with van der Waals surface area (Å²) in [5.74, 6) is -0.682. The Hall–Kier alpha value is -1.23. The van der Waals surface area contributed by atoms with Crippen LogP contribution in [0, 0.1) is 13.0 Å². The predicted molar refractivity (Wildman–Crippen MR) is 220 cm³/mol. The van der Waals surface area contributed by atoms with Crippen LogP contribution < -0.4 is 169 Å². The average molecular weight is 1110 g/mol. The summed E-state index contributed by atoms with van der Waals surface area (Å²) in [6.45, 7) is 1.69. The summed E-state index contributed by atoms with van der Waals surface area (Å²) in [4.78, 5) is 8.66. The molecule has 35 heteroatoms. The molecule has 7 rings (SSSR count). The van der Waals surface area contributed by atoms with Crippen molar-refractivity contribution in [3.8, 4) is 0 Å². The first-order chi connectivity index (χ1) is 31.3. The second-order valence-electron chi connectivity index (χ2n) is 13.0. The van der Waals surface area contributed by atoms with Crippen LogP contribution in [-0.2, 0) is 49.1 Å². The van der Waals surface area contributed by atoms with E-state index in [2.05, 4.69) is 64.8 Å². The summed E-state index contributed by atoms with van der Waals surface area (Å²) in [6.07, 6.45) is -1.23. The van der Waals surface area contributed by atoms with Gasteiger partial charge in [0.25, 0.3) is 0 Å². The van der Waals surface area contributed by atoms with Crippen LogP contribution in [-0.4, -0.2) is 53.9 Å². The molecule has 0 aliphatic heterocycles. The summed E-state index contributed by atoms with van der Waals surface area (Å²) in [5, 5.41) is 49.6. The number of hydrogen-bond donors (Lipinski definition) is 2. The third kappa shape index (κ3) is 17.4. The number of halogens is 1. The maximum atomic E-state index is 14.4. The van der Waals surface area contributed by atoms with E-state index in [4.69, 9.17) is 0 Å². The molecule has 1 aromatic heterocycles. The molecule has 0 aliphatic carbocycles. The van der Waals surface area contributed by atoms with Gasteiger partial charge in [0.2, 0.25) is 11.9 Å². The van der Waals surface area contributed by atoms with Crippen LogP contribution in [0.1, 0.15) is 5.56 Å². The van der Waals surface area contributed by atoms with Crippen LogP contribution in [0.4, 0.5) is 50.4 Å². The summed E-state index contributed by atoms with van der Waals surface area (Å²) >= 11 is 0.680. The van der Waals surface area contributed by atoms with Gasteiger partial charge in [-0.3, -0.25) is 10.1 Å². The number of aryl methyl sites for hydroxylation is 1. The molecule has 0 aliphatic rings. The molecule has 0 fully saturated rings. The largest absolute Gasteiger partial charge is 1.00 e. The quantitative estimate of drug-likeness (QED) is 0.0213. The van der Waals surface area contributed by atoms with E-state index in [0.29, 0.717) is 44.6 Å². The number of hydrogen-bond acceptors (Lipinski definition) is 26. The summed E-state index contributed by atoms with van der Waals surface area (Å²) in [6, 6.07) is 20.9. The number of azo groups is 2. The van der Waals surface area contributed by atoms with Crippen molar-refractivity contribution in [3.63, 3.8) is 0 Å². The van der Waals surface area contributed by atoms with Crippen LogP contribution in [0.2, 0.25) is 0 Å². The van der Waals surface area contributed by atoms with Crippen molar-refractivity contribution in [1.82, 2.24) is 15.0 Å². The Balaban J connectivity index is 0.00000346. The number of para-hydroxylation sites is 1. The SMILES string of the molecule is Cc1cc(Nc2nc(F)nc(Nc3ccccc3S(=O)(=O)[O-])n2)ccc1N=Nc1ccc(N=Nc2cc(S(=O)(=O)[O-])c3cc(SOO[O-])cc(S(=O)(=O)[O-])c3c2)c2cc(SOO[O-])ccc12.[Na+].[Na+].[Na+].[Na+].[Na+]. The maximum absolute atomic E-state index is 14.4. The summed E-state index contributed by atoms with van der Waals surface area (Å²) in [5.41, 5.74) is 1.07. The summed E-state index contributed by atoms with van der Waals surface area (Å²) in [7, 11) is -15.6. The minimum atomic E-state index is -5.38. The van der Waals surface area contributed by atoms with Gasteiger partial charge in [0.05, 0.1) is 67.2 Å². The molecule has 1 heterocycles. The Bertz CT molecular complexity index is 3470. The second kappa shape index (κ2) is 28.8. The molecule has 0 saturated carbocycles. The Morgan fingerprint density at radius 3 is 1.68 bits per heavy atom. The molecule has 0 unspecified atom stereocenters. The van der Waals surface area contributed by atoms with Crippen molar-refractivity contribution >= 4 is 122 Å². The van der Waals surface area contributed by atoms with E-state index in [1.165, 1.54) is 42.5 Å². The van der Waals surface area contributed by atoms with Gasteiger partial charge in [-0.1, -0.05) is 18.2 Å². The van der Waals surface area contributed by atoms with E-state index < -0.39 is 67.8 Å². The molecule has 0 atom stereocenters. The normalized spacial score (nSPS) is 11.6. The zero-order valence-electron chi connectivity index (χ0n) is 37.4. The molecule has 0 amide bonds. The van der Waals surface area contributed by atoms with Crippen molar-refractivity contribution in [2.75, 3.05) is 10.6 Å². The van der Waals surface area contributed by atoms with Crippen LogP contribution >= 0.6 is 24.1 Å². The van der Waals surface area contributed by atoms with Gasteiger partial charge in [0, 0.05) is 37.0 Å². The van der Waals surface area contributed by atoms with Crippen molar-refractivity contribution in [1.29, 1.82) is 0 Å². The number of rotatable bonds is 17. The zero-order valence-corrected chi connectivity index (χ0v) is 51.5. The monoisotopic (exact) mass is 1110 g/mol. The van der Waals surface area contributed by atoms with Crippen LogP contribution in [0.15, 0.2) is 142 Å². The third-order valence-corrected chi connectivity index (χ3v) is 12.5. The Labute approximate surface area is 521 Å². The minimum absolute atomic E-state index is 0. The van der Waals surface area contributed by atoms with Gasteiger partial charge < -0.3 is 34.8 Å². The van der Waals surface area contributed by atoms with Gasteiger partial charge in [-0.2, -0.15) is 38.2 Å². The van der Waals surface area contributed by atoms with Gasteiger partial charge in [-0.15, -0.1) is 10.2 Å². The van der Waals surface area contributed by atoms with Gasteiger partial charge in [-0.05, 0) is 91.3 Å². The maximum Gasteiger partial charge on any atom is 1.00 e. The van der Waals surface area contributed by atoms with Gasteiger partial charge in [-0.25, -0.2) is 25.3 Å². The van der Waals surface area contributed by atoms with Gasteiger partial charge in [0.1, 0.15) is 30.4 Å². The topological polar surface area (TPSA) is 367 Å². The molecule has 0 saturated heterocycles. The standard InChI is InChI=1S/C36H26FN9O15S5.5Na/c1-18-12-19(38-35-40-34(37)41-36(42-35)39-30-4-2-3-5-31(30)64(49,50)51)6-9-27(18)44-46-28-10-11-29(24-15-21(62-60-58-47)7-8-23(24)28)45-43-20-13-25-26(32(14-20)65(52,53)54)16-22(63-61-59-48)17-33(25)66(55,56)57;;;;;/h2-17,47-48H,1H3,(H,49,50,51)(H,52,53,54)(H,55,56,57)(H2,38,39,40,41,42);;;;;/q;5*+1/p-5. The van der Waals surface area contributed by atoms with Crippen LogP contribution in [0.3, 0.4) is 0 Å². The number of fused-ring (bicyclic) bond motifs is 2. The molecule has 71 heavy (non-hydrogen) atoms. The Morgan fingerprint density at radius 1 is 0.535 bits per heavy atom. The molecular formula is C36H21FN9Na5O15S5. The molecule has 342 valence electrons. The van der Waals surface area contributed by atoms with E-state index in [9.17, 15) is 53.8 Å². The van der Waals surface area contributed by atoms with Gasteiger partial charge >= 0.3 is 154 Å². The van der Waals surface area contributed by atoms with Crippen molar-refractivity contribution < 1.29 is 220 Å². The number of nitrogens with zero attached hydrogens (tertiary/aromatic N) is 7. The Kier molecular flexibility index (Phi) is 26.7. The fraction of sp³-hybridized carbons (Fsp3) is 0.0278. The molecule has 0 spiro atoms. The minimum Gasteiger partial charge on any atom is -0.744 e. The second-order valence-corrected chi connectivity index (χ2v) is 18.6. The number of nitrogens with one attached hydrogen (secondary N) is 2. The van der Waals surface area contributed by atoms with E-state index in [1.54, 1.807) is 31.2 Å². The number of aromatic nitrogens is 3. The predicted octanol–water partition coefficient (Wildman–Crippen LogP) is -8.86. The van der Waals surface area contributed by atoms with Crippen molar-refractivity contribution in [3.05, 3.63) is 109 Å². The smallest absolute Gasteiger partial charge is 0.744 e. The first-order valence-corrected chi connectivity index (χ1v) is 23.3.